The highest BCUT2D eigenvalue weighted by atomic mass is 16.5. The Morgan fingerprint density at radius 3 is 2.51 bits per heavy atom. The van der Waals surface area contributed by atoms with E-state index in [0.29, 0.717) is 6.42 Å². The molecule has 0 bridgehead atoms. The van der Waals surface area contributed by atoms with Crippen molar-refractivity contribution in [2.45, 2.75) is 58.0 Å². The Labute approximate surface area is 209 Å². The Bertz CT molecular complexity index is 1130. The van der Waals surface area contributed by atoms with Crippen LogP contribution in [0.1, 0.15) is 51.0 Å². The van der Waals surface area contributed by atoms with Crippen molar-refractivity contribution in [3.8, 4) is 16.9 Å². The molecule has 3 heterocycles. The number of piperidine rings is 1. The molecule has 2 saturated heterocycles. The molecule has 2 aliphatic heterocycles. The minimum absolute atomic E-state index is 0.174. The lowest BCUT2D eigenvalue weighted by Gasteiger charge is -2.32. The van der Waals surface area contributed by atoms with Crippen molar-refractivity contribution in [1.29, 1.82) is 0 Å². The molecule has 0 N–H and O–H groups in total. The van der Waals surface area contributed by atoms with Gasteiger partial charge in [-0.3, -0.25) is 9.78 Å². The van der Waals surface area contributed by atoms with Crippen LogP contribution in [0.4, 0.5) is 0 Å². The fourth-order valence-corrected chi connectivity index (χ4v) is 5.57. The molecule has 0 atom stereocenters. The van der Waals surface area contributed by atoms with Gasteiger partial charge < -0.3 is 14.5 Å². The molecular weight excluding hydrogens is 434 g/mol. The number of pyridine rings is 1. The number of rotatable bonds is 8. The summed E-state index contributed by atoms with van der Waals surface area (Å²) in [6.45, 7) is 7.17. The van der Waals surface area contributed by atoms with Crippen molar-refractivity contribution >= 4 is 16.8 Å². The molecule has 0 aliphatic carbocycles. The van der Waals surface area contributed by atoms with Gasteiger partial charge in [0.1, 0.15) is 11.9 Å². The van der Waals surface area contributed by atoms with Gasteiger partial charge in [0.05, 0.1) is 5.52 Å². The van der Waals surface area contributed by atoms with Crippen LogP contribution in [0.5, 0.6) is 5.75 Å². The van der Waals surface area contributed by atoms with Crippen molar-refractivity contribution in [2.75, 3.05) is 32.7 Å². The highest BCUT2D eigenvalue weighted by Gasteiger charge is 2.23. The number of hydrogen-bond donors (Lipinski definition) is 0. The number of hydrogen-bond acceptors (Lipinski definition) is 4. The number of amides is 1. The average Bonchev–Trinajstić information content (AvgIpc) is 3.43. The molecule has 0 unspecified atom stereocenters. The van der Waals surface area contributed by atoms with Crippen LogP contribution in [-0.2, 0) is 11.2 Å². The molecule has 1 aromatic heterocycles. The molecule has 2 aliphatic rings. The van der Waals surface area contributed by atoms with Crippen molar-refractivity contribution in [3.63, 3.8) is 0 Å². The van der Waals surface area contributed by atoms with Gasteiger partial charge in [-0.25, -0.2) is 0 Å². The molecule has 35 heavy (non-hydrogen) atoms. The van der Waals surface area contributed by atoms with Crippen LogP contribution in [0, 0.1) is 0 Å². The molecule has 5 heteroatoms. The number of carbonyl (C=O) groups is 1. The van der Waals surface area contributed by atoms with Gasteiger partial charge in [0.2, 0.25) is 5.91 Å². The van der Waals surface area contributed by atoms with E-state index in [-0.39, 0.29) is 12.0 Å². The third-order valence-electron chi connectivity index (χ3n) is 7.54. The highest BCUT2D eigenvalue weighted by molar-refractivity contribution is 5.88. The van der Waals surface area contributed by atoms with E-state index in [1.165, 1.54) is 48.0 Å². The molecule has 5 nitrogen and oxygen atoms in total. The van der Waals surface area contributed by atoms with Gasteiger partial charge >= 0.3 is 0 Å². The third kappa shape index (κ3) is 5.67. The molecule has 2 fully saturated rings. The first-order chi connectivity index (χ1) is 17.2. The van der Waals surface area contributed by atoms with Crippen LogP contribution in [-0.4, -0.2) is 59.5 Å². The van der Waals surface area contributed by atoms with Crippen LogP contribution >= 0.6 is 0 Å². The summed E-state index contributed by atoms with van der Waals surface area (Å²) < 4.78 is 6.27. The maximum absolute atomic E-state index is 11.9. The number of likely N-dealkylation sites (tertiary alicyclic amines) is 2. The number of carbonyl (C=O) groups excluding carboxylic acids is 1. The van der Waals surface area contributed by atoms with Gasteiger partial charge in [0.15, 0.2) is 0 Å². The quantitative estimate of drug-likeness (QED) is 0.422. The van der Waals surface area contributed by atoms with E-state index in [1.54, 1.807) is 0 Å². The minimum atomic E-state index is 0.174. The number of benzene rings is 2. The number of fused-ring (bicyclic) bond motifs is 1. The molecule has 3 aromatic rings. The smallest absolute Gasteiger partial charge is 0.222 e. The van der Waals surface area contributed by atoms with E-state index in [1.807, 2.05) is 24.1 Å². The first-order valence-electron chi connectivity index (χ1n) is 13.3. The number of ether oxygens (including phenoxy) is 1. The zero-order valence-corrected chi connectivity index (χ0v) is 20.9. The Hall–Kier alpha value is -2.92. The number of aryl methyl sites for hydroxylation is 1. The summed E-state index contributed by atoms with van der Waals surface area (Å²) in [7, 11) is 0. The van der Waals surface area contributed by atoms with Crippen LogP contribution in [0.2, 0.25) is 0 Å². The molecule has 1 amide bonds. The first-order valence-corrected chi connectivity index (χ1v) is 13.3. The monoisotopic (exact) mass is 471 g/mol. The van der Waals surface area contributed by atoms with Crippen molar-refractivity contribution in [1.82, 2.24) is 14.8 Å². The molecule has 2 aromatic carbocycles. The van der Waals surface area contributed by atoms with E-state index in [0.717, 1.165) is 56.6 Å². The molecular formula is C30H37N3O2. The highest BCUT2D eigenvalue weighted by Crippen LogP contribution is 2.32. The number of aromatic nitrogens is 1. The summed E-state index contributed by atoms with van der Waals surface area (Å²) in [6.07, 6.45) is 9.32. The lowest BCUT2D eigenvalue weighted by Crippen LogP contribution is -2.41. The second-order valence-corrected chi connectivity index (χ2v) is 9.90. The van der Waals surface area contributed by atoms with Crippen LogP contribution in [0.15, 0.2) is 54.7 Å². The summed E-state index contributed by atoms with van der Waals surface area (Å²) in [5.41, 5.74) is 4.96. The third-order valence-corrected chi connectivity index (χ3v) is 7.54. The molecule has 184 valence electrons. The molecule has 0 spiro atoms. The fraction of sp³-hybridized carbons (Fsp3) is 0.467. The van der Waals surface area contributed by atoms with Crippen molar-refractivity contribution in [2.24, 2.45) is 0 Å². The van der Waals surface area contributed by atoms with E-state index in [9.17, 15) is 4.79 Å². The average molecular weight is 472 g/mol. The SMILES string of the molecule is CCC(=O)N1CCC(Oc2ccc(-c3ccc4cccnc4c3CCCN3CCCC3)cc2)CC1. The normalized spacial score (nSPS) is 17.2. The summed E-state index contributed by atoms with van der Waals surface area (Å²) in [5.74, 6) is 1.15. The predicted molar refractivity (Wildman–Crippen MR) is 142 cm³/mol. The Morgan fingerprint density at radius 2 is 1.77 bits per heavy atom. The Balaban J connectivity index is 1.29. The molecule has 5 rings (SSSR count). The molecule has 0 saturated carbocycles. The van der Waals surface area contributed by atoms with E-state index >= 15 is 0 Å². The van der Waals surface area contributed by atoms with E-state index < -0.39 is 0 Å². The van der Waals surface area contributed by atoms with Gasteiger partial charge in [-0.1, -0.05) is 37.3 Å². The summed E-state index contributed by atoms with van der Waals surface area (Å²) in [5, 5.41) is 1.21. The minimum Gasteiger partial charge on any atom is -0.490 e. The Kier molecular flexibility index (Phi) is 7.63. The van der Waals surface area contributed by atoms with Gasteiger partial charge in [0, 0.05) is 43.9 Å². The predicted octanol–water partition coefficient (Wildman–Crippen LogP) is 5.71. The number of nitrogens with zero attached hydrogens (tertiary/aromatic N) is 3. The first kappa shape index (κ1) is 23.8. The van der Waals surface area contributed by atoms with Crippen molar-refractivity contribution in [3.05, 3.63) is 60.3 Å². The molecule has 0 radical (unpaired) electrons. The lowest BCUT2D eigenvalue weighted by molar-refractivity contribution is -0.132. The van der Waals surface area contributed by atoms with Crippen LogP contribution in [0.25, 0.3) is 22.0 Å². The zero-order valence-electron chi connectivity index (χ0n) is 20.9. The van der Waals surface area contributed by atoms with Gasteiger partial charge in [-0.15, -0.1) is 0 Å². The lowest BCUT2D eigenvalue weighted by atomic mass is 9.93. The second-order valence-electron chi connectivity index (χ2n) is 9.90. The van der Waals surface area contributed by atoms with E-state index in [2.05, 4.69) is 47.4 Å². The fourth-order valence-electron chi connectivity index (χ4n) is 5.57. The Morgan fingerprint density at radius 1 is 1.00 bits per heavy atom. The van der Waals surface area contributed by atoms with Gasteiger partial charge in [-0.2, -0.15) is 0 Å². The summed E-state index contributed by atoms with van der Waals surface area (Å²) in [4.78, 5) is 21.2. The van der Waals surface area contributed by atoms with Gasteiger partial charge in [0.25, 0.3) is 0 Å². The maximum Gasteiger partial charge on any atom is 0.222 e. The van der Waals surface area contributed by atoms with E-state index in [4.69, 9.17) is 9.72 Å². The topological polar surface area (TPSA) is 45.7 Å². The van der Waals surface area contributed by atoms with Gasteiger partial charge in [-0.05, 0) is 80.2 Å². The maximum atomic E-state index is 11.9. The zero-order chi connectivity index (χ0) is 24.0. The largest absolute Gasteiger partial charge is 0.490 e. The summed E-state index contributed by atoms with van der Waals surface area (Å²) >= 11 is 0. The van der Waals surface area contributed by atoms with Crippen LogP contribution in [0.3, 0.4) is 0 Å². The standard InChI is InChI=1S/C30H37N3O2/c1-2-29(34)33-21-15-26(16-22-33)35-25-12-9-23(10-13-25)27-14-11-24-7-5-17-31-30(24)28(27)8-6-20-32-18-3-4-19-32/h5,7,9-14,17,26H,2-4,6,8,15-16,18-22H2,1H3. The summed E-state index contributed by atoms with van der Waals surface area (Å²) in [6, 6.07) is 17.2. The van der Waals surface area contributed by atoms with Crippen molar-refractivity contribution < 1.29 is 9.53 Å². The second kappa shape index (κ2) is 11.2. The van der Waals surface area contributed by atoms with Crippen LogP contribution < -0.4 is 4.74 Å².